The van der Waals surface area contributed by atoms with E-state index in [0.717, 1.165) is 5.56 Å². The van der Waals surface area contributed by atoms with Crippen LogP contribution in [0.4, 0.5) is 19.1 Å². The molecule has 0 bridgehead atoms. The number of carbonyl (C=O) groups excluding carboxylic acids is 1. The van der Waals surface area contributed by atoms with Crippen LogP contribution in [0.1, 0.15) is 67.3 Å². The molecule has 1 aliphatic carbocycles. The Bertz CT molecular complexity index is 1190. The maximum absolute atomic E-state index is 13.4. The first kappa shape index (κ1) is 20.5. The van der Waals surface area contributed by atoms with E-state index in [9.17, 15) is 18.0 Å². The summed E-state index contributed by atoms with van der Waals surface area (Å²) in [4.78, 5) is 17.0. The lowest BCUT2D eigenvalue weighted by Gasteiger charge is -2.34. The van der Waals surface area contributed by atoms with Gasteiger partial charge in [0.15, 0.2) is 5.78 Å². The molecule has 0 radical (unpaired) electrons. The van der Waals surface area contributed by atoms with E-state index < -0.39 is 18.0 Å². The number of fused-ring (bicyclic) bond motifs is 1. The number of allylic oxidation sites excluding steroid dienone is 2. The highest BCUT2D eigenvalue weighted by Gasteiger charge is 2.43. The Balaban J connectivity index is 1.63. The Morgan fingerprint density at radius 2 is 1.91 bits per heavy atom. The normalized spacial score (nSPS) is 20.9. The minimum atomic E-state index is -4.70. The number of carbonyl (C=O) groups is 1. The van der Waals surface area contributed by atoms with Gasteiger partial charge in [-0.25, -0.2) is 4.68 Å². The number of ketones is 1. The van der Waals surface area contributed by atoms with Crippen LogP contribution in [-0.4, -0.2) is 20.5 Å². The molecule has 3 heterocycles. The fourth-order valence-electron chi connectivity index (χ4n) is 4.43. The molecular formula is C23H21F3N4O2. The van der Waals surface area contributed by atoms with Crippen molar-refractivity contribution in [2.75, 3.05) is 5.32 Å². The van der Waals surface area contributed by atoms with Crippen LogP contribution in [0.3, 0.4) is 0 Å². The topological polar surface area (TPSA) is 73.0 Å². The molecule has 2 aromatic heterocycles. The standard InChI is InChI=1S/C23H21F3N4O2/c1-12(2)13-5-7-14(8-6-13)20-19-16(10-15(11-17(19)31)18-4-3-9-32-18)27-22-28-21(23(24,25)26)29-30(20)22/h3-9,12,15,20H,10-11H2,1-2H3,(H,27,28,29)/t15-,20+/m0/s1. The van der Waals surface area contributed by atoms with Crippen LogP contribution in [0.5, 0.6) is 0 Å². The zero-order valence-electron chi connectivity index (χ0n) is 17.5. The highest BCUT2D eigenvalue weighted by molar-refractivity contribution is 6.00. The summed E-state index contributed by atoms with van der Waals surface area (Å²) in [6.07, 6.45) is -2.50. The van der Waals surface area contributed by atoms with Gasteiger partial charge in [-0.15, -0.1) is 5.10 Å². The molecule has 32 heavy (non-hydrogen) atoms. The van der Waals surface area contributed by atoms with Gasteiger partial charge in [0, 0.05) is 23.6 Å². The number of anilines is 1. The van der Waals surface area contributed by atoms with Gasteiger partial charge in [-0.05, 0) is 35.6 Å². The summed E-state index contributed by atoms with van der Waals surface area (Å²) in [6.45, 7) is 4.12. The zero-order chi connectivity index (χ0) is 22.6. The van der Waals surface area contributed by atoms with E-state index in [1.165, 1.54) is 4.68 Å². The third-order valence-electron chi connectivity index (χ3n) is 6.04. The number of hydrogen-bond acceptors (Lipinski definition) is 5. The van der Waals surface area contributed by atoms with Crippen LogP contribution >= 0.6 is 0 Å². The molecule has 1 aromatic carbocycles. The van der Waals surface area contributed by atoms with Gasteiger partial charge in [0.05, 0.1) is 6.26 Å². The average molecular weight is 442 g/mol. The highest BCUT2D eigenvalue weighted by atomic mass is 19.4. The molecule has 0 fully saturated rings. The summed E-state index contributed by atoms with van der Waals surface area (Å²) in [5.41, 5.74) is 2.78. The van der Waals surface area contributed by atoms with Crippen LogP contribution in [0.2, 0.25) is 0 Å². The quantitative estimate of drug-likeness (QED) is 0.586. The highest BCUT2D eigenvalue weighted by Crippen LogP contribution is 2.45. The molecule has 0 unspecified atom stereocenters. The average Bonchev–Trinajstić information content (AvgIpc) is 3.42. The summed E-state index contributed by atoms with van der Waals surface area (Å²) < 4.78 is 46.8. The number of halogens is 3. The number of hydrogen-bond donors (Lipinski definition) is 1. The molecule has 0 spiro atoms. The predicted octanol–water partition coefficient (Wildman–Crippen LogP) is 5.43. The van der Waals surface area contributed by atoms with E-state index in [1.807, 2.05) is 24.3 Å². The summed E-state index contributed by atoms with van der Waals surface area (Å²) >= 11 is 0. The summed E-state index contributed by atoms with van der Waals surface area (Å²) in [7, 11) is 0. The van der Waals surface area contributed by atoms with E-state index in [1.54, 1.807) is 18.4 Å². The van der Waals surface area contributed by atoms with Gasteiger partial charge in [-0.3, -0.25) is 4.79 Å². The number of Topliss-reactive ketones (excluding diaryl/α,β-unsaturated/α-hetero) is 1. The lowest BCUT2D eigenvalue weighted by molar-refractivity contribution is -0.145. The van der Waals surface area contributed by atoms with Crippen molar-refractivity contribution in [3.8, 4) is 0 Å². The number of alkyl halides is 3. The van der Waals surface area contributed by atoms with Gasteiger partial charge < -0.3 is 9.73 Å². The third kappa shape index (κ3) is 3.41. The second-order valence-corrected chi connectivity index (χ2v) is 8.49. The van der Waals surface area contributed by atoms with Gasteiger partial charge in [-0.2, -0.15) is 18.2 Å². The summed E-state index contributed by atoms with van der Waals surface area (Å²) in [6, 6.07) is 10.3. The first-order valence-corrected chi connectivity index (χ1v) is 10.4. The molecule has 1 aliphatic heterocycles. The Kier molecular flexibility index (Phi) is 4.72. The third-order valence-corrected chi connectivity index (χ3v) is 6.04. The monoisotopic (exact) mass is 442 g/mol. The van der Waals surface area contributed by atoms with Gasteiger partial charge in [-0.1, -0.05) is 38.1 Å². The van der Waals surface area contributed by atoms with Crippen LogP contribution in [0, 0.1) is 0 Å². The number of nitrogens with zero attached hydrogens (tertiary/aromatic N) is 3. The molecule has 0 saturated carbocycles. The van der Waals surface area contributed by atoms with E-state index in [2.05, 4.69) is 29.2 Å². The van der Waals surface area contributed by atoms with Crippen molar-refractivity contribution < 1.29 is 22.4 Å². The zero-order valence-corrected chi connectivity index (χ0v) is 17.5. The number of rotatable bonds is 3. The minimum absolute atomic E-state index is 0.0260. The second-order valence-electron chi connectivity index (χ2n) is 8.49. The van der Waals surface area contributed by atoms with E-state index in [4.69, 9.17) is 4.42 Å². The summed E-state index contributed by atoms with van der Waals surface area (Å²) in [5, 5.41) is 6.69. The molecule has 2 aliphatic rings. The van der Waals surface area contributed by atoms with Crippen molar-refractivity contribution in [3.05, 3.63) is 76.6 Å². The molecule has 5 rings (SSSR count). The molecule has 0 saturated heterocycles. The van der Waals surface area contributed by atoms with Crippen molar-refractivity contribution >= 4 is 11.7 Å². The van der Waals surface area contributed by atoms with Crippen LogP contribution < -0.4 is 5.32 Å². The molecule has 166 valence electrons. The van der Waals surface area contributed by atoms with Crippen LogP contribution in [-0.2, 0) is 11.0 Å². The van der Waals surface area contributed by atoms with Gasteiger partial charge in [0.1, 0.15) is 11.8 Å². The van der Waals surface area contributed by atoms with E-state index >= 15 is 0 Å². The van der Waals surface area contributed by atoms with Crippen molar-refractivity contribution in [2.45, 2.75) is 50.7 Å². The number of benzene rings is 1. The Labute approximate surface area is 182 Å². The fraction of sp³-hybridized carbons (Fsp3) is 0.348. The number of nitrogens with one attached hydrogen (secondary N) is 1. The predicted molar refractivity (Wildman–Crippen MR) is 110 cm³/mol. The second kappa shape index (κ2) is 7.36. The molecule has 0 amide bonds. The van der Waals surface area contributed by atoms with Gasteiger partial charge in [0.25, 0.3) is 5.82 Å². The maximum Gasteiger partial charge on any atom is 0.453 e. The van der Waals surface area contributed by atoms with E-state index in [-0.39, 0.29) is 24.1 Å². The molecule has 6 nitrogen and oxygen atoms in total. The van der Waals surface area contributed by atoms with Crippen molar-refractivity contribution in [3.63, 3.8) is 0 Å². The first-order valence-electron chi connectivity index (χ1n) is 10.4. The number of aromatic nitrogens is 3. The molecule has 9 heteroatoms. The first-order chi connectivity index (χ1) is 15.2. The summed E-state index contributed by atoms with van der Waals surface area (Å²) in [5.74, 6) is -0.624. The van der Waals surface area contributed by atoms with Crippen LogP contribution in [0.15, 0.2) is 58.3 Å². The maximum atomic E-state index is 13.4. The van der Waals surface area contributed by atoms with Crippen LogP contribution in [0.25, 0.3) is 0 Å². The molecule has 3 aromatic rings. The largest absolute Gasteiger partial charge is 0.469 e. The molecular weight excluding hydrogens is 421 g/mol. The Morgan fingerprint density at radius 3 is 2.53 bits per heavy atom. The fourth-order valence-corrected chi connectivity index (χ4v) is 4.43. The number of furan rings is 1. The molecule has 2 atom stereocenters. The van der Waals surface area contributed by atoms with E-state index in [0.29, 0.717) is 34.9 Å². The van der Waals surface area contributed by atoms with Crippen molar-refractivity contribution in [2.24, 2.45) is 0 Å². The van der Waals surface area contributed by atoms with Crippen molar-refractivity contribution in [1.82, 2.24) is 14.8 Å². The smallest absolute Gasteiger partial charge is 0.453 e. The van der Waals surface area contributed by atoms with Gasteiger partial charge >= 0.3 is 6.18 Å². The lowest BCUT2D eigenvalue weighted by Crippen LogP contribution is -2.33. The Hall–Kier alpha value is -3.36. The minimum Gasteiger partial charge on any atom is -0.469 e. The lowest BCUT2D eigenvalue weighted by atomic mass is 9.79. The molecule has 1 N–H and O–H groups in total. The SMILES string of the molecule is CC(C)c1ccc([C@@H]2C3=C(C[C@H](c4ccco4)CC3=O)Nc3nc(C(F)(F)F)nn32)cc1. The van der Waals surface area contributed by atoms with Crippen molar-refractivity contribution in [1.29, 1.82) is 0 Å². The Morgan fingerprint density at radius 1 is 1.16 bits per heavy atom. The van der Waals surface area contributed by atoms with Gasteiger partial charge in [0.2, 0.25) is 5.95 Å².